The van der Waals surface area contributed by atoms with E-state index in [9.17, 15) is 9.90 Å². The van der Waals surface area contributed by atoms with Crippen molar-refractivity contribution in [2.24, 2.45) is 5.92 Å². The molecular formula is C24H27N3O2S2. The molecule has 1 aliphatic rings. The van der Waals surface area contributed by atoms with Crippen molar-refractivity contribution in [3.63, 3.8) is 0 Å². The molecule has 0 fully saturated rings. The first-order valence-electron chi connectivity index (χ1n) is 10.6. The van der Waals surface area contributed by atoms with Crippen LogP contribution in [0.2, 0.25) is 0 Å². The van der Waals surface area contributed by atoms with Gasteiger partial charge in [-0.2, -0.15) is 0 Å². The van der Waals surface area contributed by atoms with Crippen LogP contribution < -0.4 is 4.90 Å². The van der Waals surface area contributed by atoms with E-state index in [1.54, 1.807) is 34.9 Å². The molecule has 0 radical (unpaired) electrons. The molecule has 0 spiro atoms. The Morgan fingerprint density at radius 1 is 1.32 bits per heavy atom. The zero-order valence-corrected chi connectivity index (χ0v) is 19.7. The number of aromatic nitrogens is 2. The maximum Gasteiger partial charge on any atom is 0.339 e. The van der Waals surface area contributed by atoms with Gasteiger partial charge in [-0.3, -0.25) is 0 Å². The molecule has 0 saturated carbocycles. The highest BCUT2D eigenvalue weighted by atomic mass is 32.1. The molecule has 7 heteroatoms. The summed E-state index contributed by atoms with van der Waals surface area (Å²) in [7, 11) is 1.86. The number of thiazole rings is 1. The number of hydrogen-bond acceptors (Lipinski definition) is 6. The van der Waals surface area contributed by atoms with Gasteiger partial charge in [-0.05, 0) is 61.1 Å². The fraction of sp³-hybridized carbons (Fsp3) is 0.375. The van der Waals surface area contributed by atoms with Gasteiger partial charge in [-0.25, -0.2) is 14.8 Å². The van der Waals surface area contributed by atoms with Gasteiger partial charge in [-0.1, -0.05) is 26.0 Å². The number of pyridine rings is 1. The van der Waals surface area contributed by atoms with Gasteiger partial charge < -0.3 is 10.0 Å². The topological polar surface area (TPSA) is 66.3 Å². The minimum Gasteiger partial charge on any atom is -0.478 e. The molecule has 0 atom stereocenters. The summed E-state index contributed by atoms with van der Waals surface area (Å²) in [5.74, 6) is -0.0388. The summed E-state index contributed by atoms with van der Waals surface area (Å²) < 4.78 is 0. The molecule has 0 aliphatic heterocycles. The fourth-order valence-corrected chi connectivity index (χ4v) is 5.83. The van der Waals surface area contributed by atoms with Crippen LogP contribution in [0.5, 0.6) is 0 Å². The van der Waals surface area contributed by atoms with Crippen LogP contribution in [0.25, 0.3) is 16.0 Å². The van der Waals surface area contributed by atoms with Crippen LogP contribution in [0.15, 0.2) is 35.9 Å². The summed E-state index contributed by atoms with van der Waals surface area (Å²) in [5, 5.41) is 12.6. The second-order valence-corrected chi connectivity index (χ2v) is 10.3. The number of carbonyl (C=O) groups is 1. The van der Waals surface area contributed by atoms with Gasteiger partial charge in [0.05, 0.1) is 5.69 Å². The SMILES string of the molecule is CC(C)Cc1sc(N(C)c2ncc(-c3cccs3)cc2C(=O)O)nc1C1=CCCCC1. The molecule has 5 nitrogen and oxygen atoms in total. The Morgan fingerprint density at radius 2 is 2.16 bits per heavy atom. The lowest BCUT2D eigenvalue weighted by atomic mass is 9.95. The Kier molecular flexibility index (Phi) is 6.53. The van der Waals surface area contributed by atoms with Gasteiger partial charge in [0.25, 0.3) is 0 Å². The van der Waals surface area contributed by atoms with E-state index < -0.39 is 5.97 Å². The molecular weight excluding hydrogens is 426 g/mol. The third-order valence-corrected chi connectivity index (χ3v) is 7.46. The standard InChI is InChI=1S/C24H27N3O2S2/c1-15(2)12-20-21(16-8-5-4-6-9-16)26-24(31-20)27(3)22-18(23(28)29)13-17(14-25-22)19-10-7-11-30-19/h7-8,10-11,13-15H,4-6,9,12H2,1-3H3,(H,28,29). The normalized spacial score (nSPS) is 14.0. The number of allylic oxidation sites excluding steroid dienone is 2. The molecule has 3 heterocycles. The first-order chi connectivity index (χ1) is 14.9. The Balaban J connectivity index is 1.73. The highest BCUT2D eigenvalue weighted by molar-refractivity contribution is 7.16. The molecule has 0 amide bonds. The van der Waals surface area contributed by atoms with Gasteiger partial charge in [-0.15, -0.1) is 22.7 Å². The molecule has 0 unspecified atom stereocenters. The summed E-state index contributed by atoms with van der Waals surface area (Å²) in [6, 6.07) is 5.63. The van der Waals surface area contributed by atoms with E-state index in [4.69, 9.17) is 4.98 Å². The minimum atomic E-state index is -0.984. The van der Waals surface area contributed by atoms with Crippen LogP contribution in [0.1, 0.15) is 60.5 Å². The van der Waals surface area contributed by atoms with Crippen LogP contribution in [-0.2, 0) is 6.42 Å². The van der Waals surface area contributed by atoms with Crippen LogP contribution >= 0.6 is 22.7 Å². The van der Waals surface area contributed by atoms with Crippen molar-refractivity contribution in [3.05, 3.63) is 52.0 Å². The van der Waals surface area contributed by atoms with E-state index in [1.807, 2.05) is 29.5 Å². The van der Waals surface area contributed by atoms with E-state index in [1.165, 1.54) is 23.3 Å². The third-order valence-electron chi connectivity index (χ3n) is 5.38. The number of carboxylic acid groups (broad SMARTS) is 1. The van der Waals surface area contributed by atoms with Crippen LogP contribution in [0, 0.1) is 5.92 Å². The summed E-state index contributed by atoms with van der Waals surface area (Å²) in [5.41, 5.74) is 3.43. The van der Waals surface area contributed by atoms with Crippen molar-refractivity contribution in [2.45, 2.75) is 46.0 Å². The van der Waals surface area contributed by atoms with Crippen molar-refractivity contribution >= 4 is 45.2 Å². The van der Waals surface area contributed by atoms with Crippen molar-refractivity contribution < 1.29 is 9.90 Å². The molecule has 31 heavy (non-hydrogen) atoms. The zero-order valence-electron chi connectivity index (χ0n) is 18.1. The molecule has 4 rings (SSSR count). The van der Waals surface area contributed by atoms with Crippen LogP contribution in [-0.4, -0.2) is 28.1 Å². The first kappa shape index (κ1) is 21.7. The molecule has 162 valence electrons. The fourth-order valence-electron chi connectivity index (χ4n) is 3.85. The summed E-state index contributed by atoms with van der Waals surface area (Å²) >= 11 is 3.22. The lowest BCUT2D eigenvalue weighted by molar-refractivity contribution is 0.0697. The Morgan fingerprint density at radius 3 is 2.81 bits per heavy atom. The highest BCUT2D eigenvalue weighted by Gasteiger charge is 2.23. The quantitative estimate of drug-likeness (QED) is 0.422. The van der Waals surface area contributed by atoms with Crippen molar-refractivity contribution in [1.82, 2.24) is 9.97 Å². The monoisotopic (exact) mass is 453 g/mol. The molecule has 0 bridgehead atoms. The number of rotatable bonds is 7. The van der Waals surface area contributed by atoms with Crippen molar-refractivity contribution in [3.8, 4) is 10.4 Å². The molecule has 3 aromatic rings. The first-order valence-corrected chi connectivity index (χ1v) is 12.3. The molecule has 1 aliphatic carbocycles. The number of hydrogen-bond donors (Lipinski definition) is 1. The Hall–Kier alpha value is -2.51. The Bertz CT molecular complexity index is 1100. The predicted molar refractivity (Wildman–Crippen MR) is 130 cm³/mol. The largest absolute Gasteiger partial charge is 0.478 e. The summed E-state index contributed by atoms with van der Waals surface area (Å²) in [6.07, 6.45) is 9.64. The van der Waals surface area contributed by atoms with Crippen molar-refractivity contribution in [1.29, 1.82) is 0 Å². The predicted octanol–water partition coefficient (Wildman–Crippen LogP) is 6.89. The second-order valence-electron chi connectivity index (χ2n) is 8.28. The highest BCUT2D eigenvalue weighted by Crippen LogP contribution is 2.38. The van der Waals surface area contributed by atoms with Gasteiger partial charge in [0.1, 0.15) is 11.4 Å². The van der Waals surface area contributed by atoms with Gasteiger partial charge >= 0.3 is 5.97 Å². The molecule has 3 aromatic heterocycles. The van der Waals surface area contributed by atoms with Gasteiger partial charge in [0.2, 0.25) is 0 Å². The maximum absolute atomic E-state index is 12.1. The van der Waals surface area contributed by atoms with E-state index in [2.05, 4.69) is 24.9 Å². The number of thiophene rings is 1. The average molecular weight is 454 g/mol. The maximum atomic E-state index is 12.1. The molecule has 0 aromatic carbocycles. The molecule has 0 saturated heterocycles. The number of carboxylic acids is 1. The summed E-state index contributed by atoms with van der Waals surface area (Å²) in [6.45, 7) is 4.44. The van der Waals surface area contributed by atoms with E-state index in [0.717, 1.165) is 40.5 Å². The van der Waals surface area contributed by atoms with Crippen molar-refractivity contribution in [2.75, 3.05) is 11.9 Å². The average Bonchev–Trinajstić information content (AvgIpc) is 3.43. The van der Waals surface area contributed by atoms with Crippen LogP contribution in [0.4, 0.5) is 10.9 Å². The van der Waals surface area contributed by atoms with Gasteiger partial charge in [0.15, 0.2) is 5.13 Å². The number of anilines is 2. The third kappa shape index (κ3) is 4.72. The smallest absolute Gasteiger partial charge is 0.339 e. The lowest BCUT2D eigenvalue weighted by Gasteiger charge is -2.17. The molecule has 1 N–H and O–H groups in total. The second kappa shape index (κ2) is 9.32. The zero-order chi connectivity index (χ0) is 22.0. The minimum absolute atomic E-state index is 0.187. The number of aromatic carboxylic acids is 1. The number of nitrogens with zero attached hydrogens (tertiary/aromatic N) is 3. The van der Waals surface area contributed by atoms with E-state index in [0.29, 0.717) is 11.7 Å². The van der Waals surface area contributed by atoms with Gasteiger partial charge in [0, 0.05) is 28.6 Å². The van der Waals surface area contributed by atoms with Crippen LogP contribution in [0.3, 0.4) is 0 Å². The van der Waals surface area contributed by atoms with E-state index >= 15 is 0 Å². The summed E-state index contributed by atoms with van der Waals surface area (Å²) in [4.78, 5) is 25.7. The van der Waals surface area contributed by atoms with E-state index in [-0.39, 0.29) is 5.56 Å². The lowest BCUT2D eigenvalue weighted by Crippen LogP contribution is -2.16. The Labute approximate surface area is 191 Å².